The Labute approximate surface area is 106 Å². The summed E-state index contributed by atoms with van der Waals surface area (Å²) in [5.41, 5.74) is 0. The van der Waals surface area contributed by atoms with Gasteiger partial charge in [0.15, 0.2) is 0 Å². The molecule has 1 unspecified atom stereocenters. The molecule has 1 aromatic rings. The molecule has 0 aliphatic rings. The van der Waals surface area contributed by atoms with Gasteiger partial charge in [0.05, 0.1) is 0 Å². The molecule has 0 bridgehead atoms. The van der Waals surface area contributed by atoms with Crippen LogP contribution in [-0.4, -0.2) is 23.8 Å². The van der Waals surface area contributed by atoms with Crippen LogP contribution in [0.1, 0.15) is 13.3 Å². The summed E-state index contributed by atoms with van der Waals surface area (Å²) < 4.78 is 16.9. The Morgan fingerprint density at radius 1 is 1.41 bits per heavy atom. The fourth-order valence-electron chi connectivity index (χ4n) is 1.13. The van der Waals surface area contributed by atoms with E-state index in [4.69, 9.17) is 4.74 Å². The lowest BCUT2D eigenvalue weighted by Gasteiger charge is -2.12. The molecule has 1 atom stereocenters. The number of nitrogens with one attached hydrogen (secondary N) is 1. The minimum Gasteiger partial charge on any atom is -0.492 e. The second kappa shape index (κ2) is 7.77. The highest BCUT2D eigenvalue weighted by Crippen LogP contribution is 2.50. The van der Waals surface area contributed by atoms with Gasteiger partial charge in [-0.15, -0.1) is 0 Å². The molecule has 96 valence electrons. The van der Waals surface area contributed by atoms with E-state index in [0.717, 1.165) is 23.6 Å². The molecule has 1 aromatic carbocycles. The summed E-state index contributed by atoms with van der Waals surface area (Å²) in [6.07, 6.45) is 0.886. The third-order valence-electron chi connectivity index (χ3n) is 1.90. The van der Waals surface area contributed by atoms with Crippen molar-refractivity contribution >= 4 is 18.1 Å². The Hall–Kier alpha value is -0.480. The molecule has 0 aliphatic carbocycles. The smallest absolute Gasteiger partial charge is 0.324 e. The van der Waals surface area contributed by atoms with Gasteiger partial charge in [0.25, 0.3) is 0 Å². The summed E-state index contributed by atoms with van der Waals surface area (Å²) in [5, 5.41) is 2.61. The molecule has 0 saturated carbocycles. The average Bonchev–Trinajstić information content (AvgIpc) is 2.34. The summed E-state index contributed by atoms with van der Waals surface area (Å²) in [4.78, 5) is 9.49. The van der Waals surface area contributed by atoms with E-state index in [9.17, 15) is 9.46 Å². The third-order valence-corrected chi connectivity index (χ3v) is 5.44. The van der Waals surface area contributed by atoms with Crippen LogP contribution in [0.4, 0.5) is 0 Å². The lowest BCUT2D eigenvalue weighted by atomic mass is 10.3. The lowest BCUT2D eigenvalue weighted by Crippen LogP contribution is -2.17. The van der Waals surface area contributed by atoms with Gasteiger partial charge in [-0.05, 0) is 18.6 Å². The van der Waals surface area contributed by atoms with Crippen molar-refractivity contribution in [3.8, 4) is 5.75 Å². The van der Waals surface area contributed by atoms with Crippen LogP contribution in [0.25, 0.3) is 0 Å². The van der Waals surface area contributed by atoms with Crippen molar-refractivity contribution < 1.29 is 14.2 Å². The van der Waals surface area contributed by atoms with Crippen molar-refractivity contribution in [1.29, 1.82) is 0 Å². The van der Waals surface area contributed by atoms with Crippen LogP contribution < -0.4 is 9.82 Å². The van der Waals surface area contributed by atoms with Gasteiger partial charge in [0.2, 0.25) is 0 Å². The molecule has 0 aliphatic heterocycles. The summed E-state index contributed by atoms with van der Waals surface area (Å²) in [6.45, 7) is -0.529. The van der Waals surface area contributed by atoms with Gasteiger partial charge in [0.1, 0.15) is 12.4 Å². The normalized spacial score (nSPS) is 14.2. The van der Waals surface area contributed by atoms with Crippen molar-refractivity contribution in [3.05, 3.63) is 30.3 Å². The first-order valence-corrected chi connectivity index (χ1v) is 8.79. The summed E-state index contributed by atoms with van der Waals surface area (Å²) in [5.74, 6) is 1.45. The van der Waals surface area contributed by atoms with E-state index in [0.29, 0.717) is 18.9 Å². The first-order chi connectivity index (χ1) is 8.14. The molecule has 0 spiro atoms. The van der Waals surface area contributed by atoms with E-state index >= 15 is 0 Å². The van der Waals surface area contributed by atoms with E-state index in [1.54, 1.807) is 0 Å². The Kier molecular flexibility index (Phi) is 6.66. The standard InChI is InChI=1S/C11H18NO3PS/c1-2-10-17-16(13,14)12-8-9-15-11-6-4-3-5-7-11/h3-7H,2,8-10H2,1H3,(H2,12,13,14). The first kappa shape index (κ1) is 14.6. The van der Waals surface area contributed by atoms with Gasteiger partial charge in [-0.2, -0.15) is 0 Å². The van der Waals surface area contributed by atoms with Crippen LogP contribution in [0.15, 0.2) is 30.3 Å². The van der Waals surface area contributed by atoms with Gasteiger partial charge in [-0.1, -0.05) is 36.5 Å². The molecular formula is C11H18NO3PS. The zero-order valence-electron chi connectivity index (χ0n) is 9.83. The van der Waals surface area contributed by atoms with Crippen molar-refractivity contribution in [1.82, 2.24) is 5.09 Å². The Balaban J connectivity index is 2.17. The molecular weight excluding hydrogens is 257 g/mol. The predicted molar refractivity (Wildman–Crippen MR) is 72.5 cm³/mol. The Morgan fingerprint density at radius 2 is 2.12 bits per heavy atom. The highest BCUT2D eigenvalue weighted by molar-refractivity contribution is 8.55. The number of benzene rings is 1. The van der Waals surface area contributed by atoms with Gasteiger partial charge >= 0.3 is 6.72 Å². The maximum absolute atomic E-state index is 11.5. The number of ether oxygens (including phenoxy) is 1. The maximum Gasteiger partial charge on any atom is 0.324 e. The minimum atomic E-state index is -3.24. The predicted octanol–water partition coefficient (Wildman–Crippen LogP) is 2.90. The monoisotopic (exact) mass is 275 g/mol. The molecule has 17 heavy (non-hydrogen) atoms. The van der Waals surface area contributed by atoms with Gasteiger partial charge < -0.3 is 9.63 Å². The zero-order chi connectivity index (χ0) is 12.6. The first-order valence-electron chi connectivity index (χ1n) is 5.54. The summed E-state index contributed by atoms with van der Waals surface area (Å²) in [6, 6.07) is 9.39. The van der Waals surface area contributed by atoms with E-state index in [-0.39, 0.29) is 0 Å². The molecule has 0 amide bonds. The van der Waals surface area contributed by atoms with E-state index in [2.05, 4.69) is 5.09 Å². The van der Waals surface area contributed by atoms with Crippen LogP contribution in [0.3, 0.4) is 0 Å². The molecule has 6 heteroatoms. The molecule has 0 heterocycles. The SMILES string of the molecule is CCCSP(=O)(O)NCCOc1ccccc1. The van der Waals surface area contributed by atoms with Gasteiger partial charge in [0, 0.05) is 12.3 Å². The Morgan fingerprint density at radius 3 is 2.76 bits per heavy atom. The fourth-order valence-corrected chi connectivity index (χ4v) is 3.87. The molecule has 0 saturated heterocycles. The Bertz CT molecular complexity index is 361. The second-order valence-electron chi connectivity index (χ2n) is 3.42. The highest BCUT2D eigenvalue weighted by Gasteiger charge is 2.16. The molecule has 4 nitrogen and oxygen atoms in total. The van der Waals surface area contributed by atoms with Gasteiger partial charge in [-0.3, -0.25) is 4.57 Å². The molecule has 2 N–H and O–H groups in total. The average molecular weight is 275 g/mol. The van der Waals surface area contributed by atoms with E-state index < -0.39 is 6.72 Å². The lowest BCUT2D eigenvalue weighted by molar-refractivity contribution is 0.320. The summed E-state index contributed by atoms with van der Waals surface area (Å²) in [7, 11) is 0. The van der Waals surface area contributed by atoms with Crippen molar-refractivity contribution in [2.24, 2.45) is 0 Å². The quantitative estimate of drug-likeness (QED) is 0.564. The number of hydrogen-bond acceptors (Lipinski definition) is 3. The summed E-state index contributed by atoms with van der Waals surface area (Å²) >= 11 is 1.07. The van der Waals surface area contributed by atoms with E-state index in [1.807, 2.05) is 37.3 Å². The van der Waals surface area contributed by atoms with Gasteiger partial charge in [-0.25, -0.2) is 5.09 Å². The minimum absolute atomic E-state index is 0.361. The molecule has 0 fully saturated rings. The number of para-hydroxylation sites is 1. The number of rotatable bonds is 8. The van der Waals surface area contributed by atoms with Crippen molar-refractivity contribution in [3.63, 3.8) is 0 Å². The topological polar surface area (TPSA) is 58.6 Å². The zero-order valence-corrected chi connectivity index (χ0v) is 11.5. The largest absolute Gasteiger partial charge is 0.492 e. The van der Waals surface area contributed by atoms with E-state index in [1.165, 1.54) is 0 Å². The van der Waals surface area contributed by atoms with Crippen LogP contribution >= 0.6 is 18.1 Å². The van der Waals surface area contributed by atoms with Crippen molar-refractivity contribution in [2.75, 3.05) is 18.9 Å². The van der Waals surface area contributed by atoms with Crippen LogP contribution in [0.2, 0.25) is 0 Å². The number of hydrogen-bond donors (Lipinski definition) is 2. The molecule has 0 radical (unpaired) electrons. The second-order valence-corrected chi connectivity index (χ2v) is 7.71. The highest BCUT2D eigenvalue weighted by atomic mass is 32.7. The third kappa shape index (κ3) is 6.74. The molecule has 1 rings (SSSR count). The van der Waals surface area contributed by atoms with Crippen molar-refractivity contribution in [2.45, 2.75) is 13.3 Å². The van der Waals surface area contributed by atoms with Crippen LogP contribution in [0, 0.1) is 0 Å². The fraction of sp³-hybridized carbons (Fsp3) is 0.455. The maximum atomic E-state index is 11.5. The molecule has 0 aromatic heterocycles. The van der Waals surface area contributed by atoms with Crippen LogP contribution in [0.5, 0.6) is 5.75 Å². The van der Waals surface area contributed by atoms with Crippen LogP contribution in [-0.2, 0) is 4.57 Å².